The molecule has 1 aliphatic rings. The summed E-state index contributed by atoms with van der Waals surface area (Å²) in [6, 6.07) is 5.81. The molecule has 1 aromatic rings. The zero-order chi connectivity index (χ0) is 15.4. The lowest BCUT2D eigenvalue weighted by Crippen LogP contribution is -2.29. The van der Waals surface area contributed by atoms with E-state index in [0.29, 0.717) is 13.1 Å². The Bertz CT molecular complexity index is 539. The van der Waals surface area contributed by atoms with Gasteiger partial charge < -0.3 is 10.0 Å². The molecule has 1 aliphatic heterocycles. The maximum atomic E-state index is 12.2. The molecule has 0 bridgehead atoms. The van der Waals surface area contributed by atoms with Crippen LogP contribution in [0, 0.1) is 19.8 Å². The predicted octanol–water partition coefficient (Wildman–Crippen LogP) is 2.11. The Balaban J connectivity index is 1.89. The van der Waals surface area contributed by atoms with Gasteiger partial charge in [-0.25, -0.2) is 0 Å². The van der Waals surface area contributed by atoms with Gasteiger partial charge >= 0.3 is 0 Å². The van der Waals surface area contributed by atoms with Crippen molar-refractivity contribution < 1.29 is 14.7 Å². The fraction of sp³-hybridized carbons (Fsp3) is 0.529. The fourth-order valence-corrected chi connectivity index (χ4v) is 2.76. The summed E-state index contributed by atoms with van der Waals surface area (Å²) in [5.74, 6) is 0.246. The second kappa shape index (κ2) is 6.85. The lowest BCUT2D eigenvalue weighted by atomic mass is 9.99. The largest absolute Gasteiger partial charge is 0.396 e. The van der Waals surface area contributed by atoms with E-state index in [2.05, 4.69) is 0 Å². The van der Waals surface area contributed by atoms with Crippen molar-refractivity contribution >= 4 is 11.7 Å². The first-order chi connectivity index (χ1) is 10.0. The van der Waals surface area contributed by atoms with Crippen molar-refractivity contribution in [1.29, 1.82) is 0 Å². The fourth-order valence-electron chi connectivity index (χ4n) is 2.76. The lowest BCUT2D eigenvalue weighted by molar-refractivity contribution is -0.130. The van der Waals surface area contributed by atoms with E-state index in [4.69, 9.17) is 5.11 Å². The van der Waals surface area contributed by atoms with Gasteiger partial charge in [-0.05, 0) is 31.9 Å². The van der Waals surface area contributed by atoms with Gasteiger partial charge in [0.2, 0.25) is 5.91 Å². The number of ketones is 1. The molecule has 1 amide bonds. The molecule has 2 rings (SSSR count). The van der Waals surface area contributed by atoms with E-state index < -0.39 is 0 Å². The lowest BCUT2D eigenvalue weighted by Gasteiger charge is -2.16. The van der Waals surface area contributed by atoms with Crippen LogP contribution in [0.15, 0.2) is 18.2 Å². The van der Waals surface area contributed by atoms with Crippen LogP contribution in [-0.4, -0.2) is 41.4 Å². The molecule has 1 aromatic carbocycles. The molecule has 1 N–H and O–H groups in total. The average molecular weight is 289 g/mol. The van der Waals surface area contributed by atoms with Crippen molar-refractivity contribution in [2.24, 2.45) is 5.92 Å². The number of hydrogen-bond acceptors (Lipinski definition) is 3. The first-order valence-electron chi connectivity index (χ1n) is 7.50. The number of aryl methyl sites for hydroxylation is 2. The second-order valence-corrected chi connectivity index (χ2v) is 5.92. The molecule has 4 nitrogen and oxygen atoms in total. The molecule has 1 saturated heterocycles. The van der Waals surface area contributed by atoms with Gasteiger partial charge in [-0.15, -0.1) is 0 Å². The number of amides is 1. The minimum Gasteiger partial charge on any atom is -0.396 e. The molecule has 4 heteroatoms. The van der Waals surface area contributed by atoms with Crippen LogP contribution in [0.3, 0.4) is 0 Å². The highest BCUT2D eigenvalue weighted by Gasteiger charge is 2.25. The maximum Gasteiger partial charge on any atom is 0.223 e. The van der Waals surface area contributed by atoms with Crippen LogP contribution in [0.1, 0.15) is 40.7 Å². The minimum atomic E-state index is 0.0182. The SMILES string of the molecule is Cc1ccc(C)c(C(=O)CCC(=O)N2CCC(CO)C2)c1. The number of carbonyl (C=O) groups excluding carboxylic acids is 2. The number of aliphatic hydroxyl groups is 1. The summed E-state index contributed by atoms with van der Waals surface area (Å²) in [5.41, 5.74) is 2.73. The van der Waals surface area contributed by atoms with E-state index in [1.807, 2.05) is 32.0 Å². The Labute approximate surface area is 125 Å². The molecule has 0 saturated carbocycles. The summed E-state index contributed by atoms with van der Waals surface area (Å²) < 4.78 is 0. The Hall–Kier alpha value is -1.68. The summed E-state index contributed by atoms with van der Waals surface area (Å²) in [6.07, 6.45) is 1.36. The molecule has 1 unspecified atom stereocenters. The summed E-state index contributed by atoms with van der Waals surface area (Å²) in [5, 5.41) is 9.10. The molecule has 0 radical (unpaired) electrons. The summed E-state index contributed by atoms with van der Waals surface area (Å²) in [4.78, 5) is 26.1. The van der Waals surface area contributed by atoms with Gasteiger partial charge in [-0.2, -0.15) is 0 Å². The smallest absolute Gasteiger partial charge is 0.223 e. The highest BCUT2D eigenvalue weighted by Crippen LogP contribution is 2.18. The van der Waals surface area contributed by atoms with Gasteiger partial charge in [0.05, 0.1) is 0 Å². The van der Waals surface area contributed by atoms with E-state index in [1.54, 1.807) is 4.90 Å². The van der Waals surface area contributed by atoms with Crippen molar-refractivity contribution in [3.63, 3.8) is 0 Å². The van der Waals surface area contributed by atoms with E-state index >= 15 is 0 Å². The van der Waals surface area contributed by atoms with Gasteiger partial charge in [0.1, 0.15) is 0 Å². The Morgan fingerprint density at radius 1 is 1.29 bits per heavy atom. The van der Waals surface area contributed by atoms with Gasteiger partial charge in [0, 0.05) is 44.0 Å². The first-order valence-corrected chi connectivity index (χ1v) is 7.50. The van der Waals surface area contributed by atoms with Gasteiger partial charge in [-0.3, -0.25) is 9.59 Å². The van der Waals surface area contributed by atoms with Crippen molar-refractivity contribution in [1.82, 2.24) is 4.90 Å². The molecule has 1 atom stereocenters. The number of nitrogens with zero attached hydrogens (tertiary/aromatic N) is 1. The molecule has 0 spiro atoms. The standard InChI is InChI=1S/C17H23NO3/c1-12-3-4-13(2)15(9-12)16(20)5-6-17(21)18-8-7-14(10-18)11-19/h3-4,9,14,19H,5-8,10-11H2,1-2H3. The summed E-state index contributed by atoms with van der Waals surface area (Å²) >= 11 is 0. The maximum absolute atomic E-state index is 12.2. The Kier molecular flexibility index (Phi) is 5.12. The van der Waals surface area contributed by atoms with Gasteiger partial charge in [0.15, 0.2) is 5.78 Å². The third-order valence-corrected chi connectivity index (χ3v) is 4.16. The van der Waals surface area contributed by atoms with Crippen LogP contribution in [0.2, 0.25) is 0 Å². The third-order valence-electron chi connectivity index (χ3n) is 4.16. The van der Waals surface area contributed by atoms with Crippen LogP contribution in [-0.2, 0) is 4.79 Å². The molecular weight excluding hydrogens is 266 g/mol. The number of carbonyl (C=O) groups is 2. The van der Waals surface area contributed by atoms with Crippen molar-refractivity contribution in [3.05, 3.63) is 34.9 Å². The zero-order valence-corrected chi connectivity index (χ0v) is 12.8. The van der Waals surface area contributed by atoms with E-state index in [0.717, 1.165) is 23.1 Å². The number of likely N-dealkylation sites (tertiary alicyclic amines) is 1. The van der Waals surface area contributed by atoms with E-state index in [9.17, 15) is 9.59 Å². The minimum absolute atomic E-state index is 0.0182. The number of aliphatic hydroxyl groups excluding tert-OH is 1. The molecule has 0 aromatic heterocycles. The third kappa shape index (κ3) is 3.91. The molecule has 114 valence electrons. The van der Waals surface area contributed by atoms with E-state index in [1.165, 1.54) is 0 Å². The van der Waals surface area contributed by atoms with Crippen LogP contribution >= 0.6 is 0 Å². The molecular formula is C17H23NO3. The summed E-state index contributed by atoms with van der Waals surface area (Å²) in [6.45, 7) is 5.32. The monoisotopic (exact) mass is 289 g/mol. The van der Waals surface area contributed by atoms with Crippen molar-refractivity contribution in [3.8, 4) is 0 Å². The quantitative estimate of drug-likeness (QED) is 0.845. The van der Waals surface area contributed by atoms with E-state index in [-0.39, 0.29) is 37.1 Å². The highest BCUT2D eigenvalue weighted by molar-refractivity contribution is 5.99. The van der Waals surface area contributed by atoms with Crippen LogP contribution in [0.5, 0.6) is 0 Å². The number of benzene rings is 1. The normalized spacial score (nSPS) is 18.0. The number of rotatable bonds is 5. The Morgan fingerprint density at radius 3 is 2.71 bits per heavy atom. The van der Waals surface area contributed by atoms with Crippen LogP contribution in [0.25, 0.3) is 0 Å². The number of Topliss-reactive ketones (excluding diaryl/α,β-unsaturated/α-hetero) is 1. The predicted molar refractivity (Wildman–Crippen MR) is 81.3 cm³/mol. The molecule has 21 heavy (non-hydrogen) atoms. The molecule has 1 fully saturated rings. The summed E-state index contributed by atoms with van der Waals surface area (Å²) in [7, 11) is 0. The molecule has 1 heterocycles. The van der Waals surface area contributed by atoms with Crippen LogP contribution < -0.4 is 0 Å². The molecule has 0 aliphatic carbocycles. The van der Waals surface area contributed by atoms with Crippen molar-refractivity contribution in [2.45, 2.75) is 33.1 Å². The second-order valence-electron chi connectivity index (χ2n) is 5.92. The highest BCUT2D eigenvalue weighted by atomic mass is 16.3. The Morgan fingerprint density at radius 2 is 2.05 bits per heavy atom. The average Bonchev–Trinajstić information content (AvgIpc) is 2.96. The first kappa shape index (κ1) is 15.7. The number of hydrogen-bond donors (Lipinski definition) is 1. The zero-order valence-electron chi connectivity index (χ0n) is 12.8. The van der Waals surface area contributed by atoms with Gasteiger partial charge in [-0.1, -0.05) is 17.7 Å². The van der Waals surface area contributed by atoms with Crippen LogP contribution in [0.4, 0.5) is 0 Å². The van der Waals surface area contributed by atoms with Crippen molar-refractivity contribution in [2.75, 3.05) is 19.7 Å². The topological polar surface area (TPSA) is 57.6 Å². The van der Waals surface area contributed by atoms with Gasteiger partial charge in [0.25, 0.3) is 0 Å².